The van der Waals surface area contributed by atoms with Gasteiger partial charge in [-0.05, 0) is 116 Å². The molecule has 2 saturated carbocycles. The van der Waals surface area contributed by atoms with Crippen LogP contribution in [0.5, 0.6) is 0 Å². The molecule has 11 atom stereocenters. The number of fused-ring (bicyclic) bond motifs is 5. The fourth-order valence-electron chi connectivity index (χ4n) is 15.4. The molecular weight excluding hydrogens is 1490 g/mol. The van der Waals surface area contributed by atoms with E-state index in [1.165, 1.54) is 39.8 Å². The van der Waals surface area contributed by atoms with Crippen molar-refractivity contribution >= 4 is 111 Å². The minimum Gasteiger partial charge on any atom is -0.464 e. The Balaban J connectivity index is 0.998. The van der Waals surface area contributed by atoms with Crippen molar-refractivity contribution in [1.82, 2.24) is 10.2 Å². The molecule has 28 heteroatoms. The molecule has 9 rings (SSSR count). The highest BCUT2D eigenvalue weighted by molar-refractivity contribution is 6.19. The second-order valence-electron chi connectivity index (χ2n) is 28.2. The van der Waals surface area contributed by atoms with Gasteiger partial charge in [-0.3, -0.25) is 28.8 Å². The van der Waals surface area contributed by atoms with E-state index in [9.17, 15) is 43.8 Å². The van der Waals surface area contributed by atoms with E-state index in [1.807, 2.05) is 48.5 Å². The van der Waals surface area contributed by atoms with Gasteiger partial charge < -0.3 is 72.9 Å². The predicted octanol–water partition coefficient (Wildman–Crippen LogP) is 10.9. The first-order chi connectivity index (χ1) is 52.2. The van der Waals surface area contributed by atoms with Crippen LogP contribution in [-0.2, 0) is 84.2 Å². The number of ether oxygens (including phenoxy) is 9. The first-order valence-electron chi connectivity index (χ1n) is 36.5. The Kier molecular flexibility index (Phi) is 30.3. The van der Waals surface area contributed by atoms with Crippen LogP contribution in [0.1, 0.15) is 124 Å². The van der Waals surface area contributed by atoms with Crippen LogP contribution in [0.4, 0.5) is 16.2 Å². The molecular formula is C81H96Cl4N4O20. The summed E-state index contributed by atoms with van der Waals surface area (Å²) >= 11 is 24.1. The average molecular weight is 1590 g/mol. The monoisotopic (exact) mass is 1580 g/mol. The molecule has 3 fully saturated rings. The number of hydrogen-bond acceptors (Lipinski definition) is 22. The van der Waals surface area contributed by atoms with Gasteiger partial charge in [0.2, 0.25) is 0 Å². The van der Waals surface area contributed by atoms with Crippen molar-refractivity contribution in [3.63, 3.8) is 0 Å². The zero-order valence-electron chi connectivity index (χ0n) is 62.1. The smallest absolute Gasteiger partial charge is 0.412 e. The van der Waals surface area contributed by atoms with Gasteiger partial charge in [0.15, 0.2) is 30.4 Å². The van der Waals surface area contributed by atoms with E-state index in [0.717, 1.165) is 41.2 Å². The van der Waals surface area contributed by atoms with Crippen LogP contribution in [0.2, 0.25) is 0 Å². The molecule has 4 aliphatic rings. The topological polar surface area (TPSA) is 299 Å². The molecule has 1 heterocycles. The van der Waals surface area contributed by atoms with Crippen molar-refractivity contribution < 1.29 is 96.0 Å². The molecule has 0 radical (unpaired) electrons. The van der Waals surface area contributed by atoms with Crippen LogP contribution in [0.25, 0.3) is 0 Å². The lowest BCUT2D eigenvalue weighted by atomic mass is 9.44. The summed E-state index contributed by atoms with van der Waals surface area (Å²) in [5.41, 5.74) is -4.21. The summed E-state index contributed by atoms with van der Waals surface area (Å²) in [4.78, 5) is 134. The van der Waals surface area contributed by atoms with Crippen molar-refractivity contribution in [1.29, 1.82) is 0 Å². The third-order valence-electron chi connectivity index (χ3n) is 21.1. The number of amides is 2. The van der Waals surface area contributed by atoms with Crippen molar-refractivity contribution in [3.05, 3.63) is 178 Å². The lowest BCUT2D eigenvalue weighted by Crippen LogP contribution is -2.82. The lowest BCUT2D eigenvalue weighted by Gasteiger charge is -2.67. The van der Waals surface area contributed by atoms with Crippen LogP contribution >= 0.6 is 46.4 Å². The molecule has 3 N–H and O–H groups in total. The summed E-state index contributed by atoms with van der Waals surface area (Å²) in [5, 5.41) is 29.3. The van der Waals surface area contributed by atoms with Crippen molar-refractivity contribution in [2.45, 2.75) is 147 Å². The van der Waals surface area contributed by atoms with Gasteiger partial charge in [0.25, 0.3) is 5.91 Å². The average Bonchev–Trinajstić information content (AvgIpc) is 0.667. The first kappa shape index (κ1) is 84.7. The number of aliphatic hydroxyl groups excluding tert-OH is 1. The summed E-state index contributed by atoms with van der Waals surface area (Å²) in [6.07, 6.45) is -10.4. The maximum atomic E-state index is 16.7. The van der Waals surface area contributed by atoms with Crippen LogP contribution < -0.4 is 15.1 Å². The van der Waals surface area contributed by atoms with Gasteiger partial charge in [-0.2, -0.15) is 0 Å². The minimum absolute atomic E-state index is 0.0124. The van der Waals surface area contributed by atoms with E-state index in [4.69, 9.17) is 89.0 Å². The Labute approximate surface area is 655 Å². The third kappa shape index (κ3) is 20.3. The number of esters is 6. The third-order valence-corrected chi connectivity index (χ3v) is 21.8. The molecule has 3 aliphatic carbocycles. The molecule has 0 aromatic heterocycles. The van der Waals surface area contributed by atoms with Crippen molar-refractivity contribution in [2.24, 2.45) is 16.7 Å². The SMILES string of the molecule is CC(=O)O[C@H]1C(=O)[C@@]2(C)C([C@H](OC(=O)c3ccccc3)[C@]3(O)C[C@H](OC(=O)[C@H](O)[C@@H](NC(=O)c4ccccc4)c4ccccc4)C(C)=C1C3(C)C)[C@]1(OC(C)=O)CO[C@@H]1C[C@@H]2OCOC(=O)N(CCOC(=O)CCCc1ccc(N(CCCl)CCCl)cc1)CCOC(=O)CCCc1ccc(N(CCCl)CCCl)cc1. The summed E-state index contributed by atoms with van der Waals surface area (Å²) in [6, 6.07) is 38.3. The standard InChI is InChI=1S/C81H96Cl4N4O20/c1-52-62(107-76(98)69(94)68(57-20-10-7-11-21-57)86-74(96)58-22-12-8-13-23-58)49-81(100)73(108-75(97)59-24-14-9-15-25-59)71-79(6,72(95)70(106-53(2)90)67(52)78(81,4)5)63(48-64-80(71,50-103-64)109-54(3)91)104-51-105-77(99)89(44-46-101-65(92)26-16-18-55-28-32-60(33-29-55)87(40-36-82)41-37-83)45-47-102-66(93)27-17-19-56-30-34-61(35-31-56)88(42-38-84)43-39-85/h7-15,20-25,28-35,62-64,68-71,73,94,100H,16-19,26-27,36-51H2,1-6H3,(H,86,96)/t62-,63-,64+,68-,69+,70+,71?,73-,79+,80-,81+/m0/s1. The molecule has 1 aliphatic heterocycles. The first-order valence-corrected chi connectivity index (χ1v) is 38.7. The second-order valence-corrected chi connectivity index (χ2v) is 29.7. The highest BCUT2D eigenvalue weighted by Gasteiger charge is 2.79. The molecule has 5 aromatic carbocycles. The molecule has 5 aromatic rings. The summed E-state index contributed by atoms with van der Waals surface area (Å²) < 4.78 is 55.5. The number of ketones is 1. The summed E-state index contributed by atoms with van der Waals surface area (Å²) in [5.74, 6) is -6.85. The largest absolute Gasteiger partial charge is 0.464 e. The van der Waals surface area contributed by atoms with Crippen molar-refractivity contribution in [2.75, 3.05) is 99.2 Å². The van der Waals surface area contributed by atoms with Gasteiger partial charge in [-0.25, -0.2) is 14.4 Å². The van der Waals surface area contributed by atoms with Crippen molar-refractivity contribution in [3.8, 4) is 0 Å². The van der Waals surface area contributed by atoms with Gasteiger partial charge in [0.05, 0.1) is 48.7 Å². The molecule has 24 nitrogen and oxygen atoms in total. The highest BCUT2D eigenvalue weighted by Crippen LogP contribution is 2.65. The number of benzene rings is 5. The second kappa shape index (κ2) is 39.0. The quantitative estimate of drug-likeness (QED) is 0.0109. The number of aryl methyl sites for hydroxylation is 2. The fraction of sp³-hybridized carbons (Fsp3) is 0.494. The molecule has 1 unspecified atom stereocenters. The van der Waals surface area contributed by atoms with E-state index in [2.05, 4.69) is 15.1 Å². The van der Waals surface area contributed by atoms with Crippen LogP contribution in [0.15, 0.2) is 151 Å². The summed E-state index contributed by atoms with van der Waals surface area (Å²) in [6.45, 7) is 8.14. The zero-order valence-corrected chi connectivity index (χ0v) is 65.1. The number of rotatable bonds is 37. The molecule has 588 valence electrons. The van der Waals surface area contributed by atoms with Crippen LogP contribution in [-0.4, -0.2) is 206 Å². The molecule has 1 saturated heterocycles. The number of carbonyl (C=O) groups is 9. The lowest BCUT2D eigenvalue weighted by molar-refractivity contribution is -0.351. The number of halogens is 4. The minimum atomic E-state index is -2.57. The van der Waals surface area contributed by atoms with Gasteiger partial charge in [-0.15, -0.1) is 46.4 Å². The maximum Gasteiger partial charge on any atom is 0.412 e. The molecule has 2 bridgehead atoms. The zero-order chi connectivity index (χ0) is 78.6. The van der Waals surface area contributed by atoms with E-state index in [1.54, 1.807) is 78.9 Å². The normalized spacial score (nSPS) is 22.9. The molecule has 0 spiro atoms. The van der Waals surface area contributed by atoms with E-state index >= 15 is 9.59 Å². The number of hydrogen-bond donors (Lipinski definition) is 3. The van der Waals surface area contributed by atoms with Gasteiger partial charge in [0, 0.05) is 112 Å². The Morgan fingerprint density at radius 3 is 1.61 bits per heavy atom. The highest BCUT2D eigenvalue weighted by atomic mass is 35.5. The van der Waals surface area contributed by atoms with Gasteiger partial charge in [-0.1, -0.05) is 105 Å². The van der Waals surface area contributed by atoms with Gasteiger partial charge in [0.1, 0.15) is 37.1 Å². The van der Waals surface area contributed by atoms with Crippen LogP contribution in [0, 0.1) is 16.7 Å². The number of Topliss-reactive ketones (excluding diaryl/α,β-unsaturated/α-hetero) is 1. The summed E-state index contributed by atoms with van der Waals surface area (Å²) in [7, 11) is 0. The number of anilines is 2. The predicted molar refractivity (Wildman–Crippen MR) is 407 cm³/mol. The number of carbonyl (C=O) groups excluding carboxylic acids is 9. The number of nitrogens with one attached hydrogen (secondary N) is 1. The Bertz CT molecular complexity index is 3880. The van der Waals surface area contributed by atoms with Gasteiger partial charge >= 0.3 is 41.9 Å². The Morgan fingerprint density at radius 1 is 0.633 bits per heavy atom. The molecule has 109 heavy (non-hydrogen) atoms. The number of alkyl halides is 4. The fourth-order valence-corrected chi connectivity index (χ4v) is 16.2. The van der Waals surface area contributed by atoms with E-state index in [0.29, 0.717) is 80.9 Å². The number of nitrogens with zero attached hydrogens (tertiary/aromatic N) is 3. The van der Waals surface area contributed by atoms with E-state index < -0.39 is 144 Å². The van der Waals surface area contributed by atoms with E-state index in [-0.39, 0.29) is 67.8 Å². The molecule has 2 amide bonds. The Morgan fingerprint density at radius 2 is 1.14 bits per heavy atom. The van der Waals surface area contributed by atoms with Crippen LogP contribution in [0.3, 0.4) is 0 Å². The maximum absolute atomic E-state index is 16.7. The Hall–Kier alpha value is -8.33. The number of aliphatic hydroxyl groups is 2.